The van der Waals surface area contributed by atoms with E-state index in [0.717, 1.165) is 31.9 Å². The number of piperazine rings is 1. The molecule has 0 atom stereocenters. The fraction of sp³-hybridized carbons (Fsp3) is 0.583. The van der Waals surface area contributed by atoms with E-state index >= 15 is 0 Å². The molecule has 3 nitrogen and oxygen atoms in total. The first-order valence-electron chi connectivity index (χ1n) is 5.89. The van der Waals surface area contributed by atoms with E-state index in [1.54, 1.807) is 6.20 Å². The van der Waals surface area contributed by atoms with Crippen molar-refractivity contribution in [3.8, 4) is 0 Å². The van der Waals surface area contributed by atoms with E-state index in [1.807, 2.05) is 12.1 Å². The van der Waals surface area contributed by atoms with Gasteiger partial charge in [-0.25, -0.2) is 4.98 Å². The Hall–Kier alpha value is -0.800. The molecule has 0 bridgehead atoms. The molecule has 1 aromatic heterocycles. The van der Waals surface area contributed by atoms with Gasteiger partial charge in [0.1, 0.15) is 0 Å². The van der Waals surface area contributed by atoms with Gasteiger partial charge in [0.2, 0.25) is 0 Å². The lowest BCUT2D eigenvalue weighted by molar-refractivity contribution is 0.258. The van der Waals surface area contributed by atoms with Crippen LogP contribution in [0.1, 0.15) is 13.3 Å². The molecule has 0 saturated carbocycles. The molecule has 2 heterocycles. The molecule has 0 aromatic carbocycles. The Bertz CT molecular complexity index is 335. The summed E-state index contributed by atoms with van der Waals surface area (Å²) in [4.78, 5) is 8.94. The average molecular weight is 240 g/mol. The van der Waals surface area contributed by atoms with Gasteiger partial charge in [0, 0.05) is 32.4 Å². The summed E-state index contributed by atoms with van der Waals surface area (Å²) in [5.41, 5.74) is 1.07. The smallest absolute Gasteiger partial charge is 0.152 e. The molecular weight excluding hydrogens is 222 g/mol. The van der Waals surface area contributed by atoms with E-state index in [2.05, 4.69) is 21.7 Å². The molecule has 0 aliphatic carbocycles. The standard InChI is InChI=1S/C12H18ClN3/c1-2-6-15-7-9-16(10-8-15)11-4-3-5-14-12(11)13/h3-5H,2,6-10H2,1H3. The molecule has 1 saturated heterocycles. The van der Waals surface area contributed by atoms with E-state index in [1.165, 1.54) is 13.0 Å². The second-order valence-corrected chi connectivity index (χ2v) is 4.50. The first-order valence-corrected chi connectivity index (χ1v) is 6.27. The normalized spacial score (nSPS) is 17.8. The highest BCUT2D eigenvalue weighted by atomic mass is 35.5. The third-order valence-corrected chi connectivity index (χ3v) is 3.28. The number of hydrogen-bond acceptors (Lipinski definition) is 3. The monoisotopic (exact) mass is 239 g/mol. The molecule has 0 amide bonds. The number of nitrogens with zero attached hydrogens (tertiary/aromatic N) is 3. The topological polar surface area (TPSA) is 19.4 Å². The van der Waals surface area contributed by atoms with E-state index in [9.17, 15) is 0 Å². The molecule has 2 rings (SSSR count). The quantitative estimate of drug-likeness (QED) is 0.755. The third kappa shape index (κ3) is 2.66. The van der Waals surface area contributed by atoms with E-state index in [-0.39, 0.29) is 0 Å². The van der Waals surface area contributed by atoms with Crippen molar-refractivity contribution in [2.75, 3.05) is 37.6 Å². The van der Waals surface area contributed by atoms with Crippen LogP contribution < -0.4 is 4.90 Å². The summed E-state index contributed by atoms with van der Waals surface area (Å²) in [6, 6.07) is 3.99. The minimum atomic E-state index is 0.617. The van der Waals surface area contributed by atoms with Crippen molar-refractivity contribution >= 4 is 17.3 Å². The van der Waals surface area contributed by atoms with Crippen LogP contribution >= 0.6 is 11.6 Å². The van der Waals surface area contributed by atoms with Crippen LogP contribution in [-0.2, 0) is 0 Å². The fourth-order valence-corrected chi connectivity index (χ4v) is 2.38. The number of rotatable bonds is 3. The van der Waals surface area contributed by atoms with Gasteiger partial charge < -0.3 is 4.90 Å². The molecule has 1 aromatic rings. The molecule has 1 fully saturated rings. The van der Waals surface area contributed by atoms with Gasteiger partial charge in [0.05, 0.1) is 5.69 Å². The van der Waals surface area contributed by atoms with Gasteiger partial charge in [-0.2, -0.15) is 0 Å². The molecule has 1 aliphatic rings. The Kier molecular flexibility index (Phi) is 4.02. The third-order valence-electron chi connectivity index (χ3n) is 2.99. The van der Waals surface area contributed by atoms with Crippen molar-refractivity contribution < 1.29 is 0 Å². The Morgan fingerprint density at radius 3 is 2.69 bits per heavy atom. The Morgan fingerprint density at radius 1 is 1.31 bits per heavy atom. The molecule has 0 N–H and O–H groups in total. The maximum atomic E-state index is 6.09. The average Bonchev–Trinajstić information content (AvgIpc) is 2.31. The summed E-state index contributed by atoms with van der Waals surface area (Å²) in [6.45, 7) is 7.77. The van der Waals surface area contributed by atoms with E-state index < -0.39 is 0 Å². The van der Waals surface area contributed by atoms with Gasteiger partial charge in [0.25, 0.3) is 0 Å². The fourth-order valence-electron chi connectivity index (χ4n) is 2.14. The van der Waals surface area contributed by atoms with Crippen LogP contribution in [0.15, 0.2) is 18.3 Å². The second-order valence-electron chi connectivity index (χ2n) is 4.14. The van der Waals surface area contributed by atoms with Gasteiger partial charge in [-0.1, -0.05) is 18.5 Å². The van der Waals surface area contributed by atoms with Crippen LogP contribution in [0.5, 0.6) is 0 Å². The zero-order valence-electron chi connectivity index (χ0n) is 9.69. The van der Waals surface area contributed by atoms with E-state index in [4.69, 9.17) is 11.6 Å². The van der Waals surface area contributed by atoms with Crippen LogP contribution in [0.25, 0.3) is 0 Å². The molecule has 0 unspecified atom stereocenters. The predicted molar refractivity (Wildman–Crippen MR) is 68.2 cm³/mol. The first kappa shape index (κ1) is 11.7. The lowest BCUT2D eigenvalue weighted by Crippen LogP contribution is -2.46. The van der Waals surface area contributed by atoms with E-state index in [0.29, 0.717) is 5.15 Å². The second kappa shape index (κ2) is 5.51. The molecule has 16 heavy (non-hydrogen) atoms. The van der Waals surface area contributed by atoms with Crippen LogP contribution in [0.4, 0.5) is 5.69 Å². The van der Waals surface area contributed by atoms with Crippen molar-refractivity contribution in [2.45, 2.75) is 13.3 Å². The summed E-state index contributed by atoms with van der Waals surface area (Å²) in [6.07, 6.45) is 2.97. The van der Waals surface area contributed by atoms with Gasteiger partial charge in [-0.3, -0.25) is 4.90 Å². The molecular formula is C12H18ClN3. The van der Waals surface area contributed by atoms with Crippen molar-refractivity contribution in [1.82, 2.24) is 9.88 Å². The molecule has 4 heteroatoms. The van der Waals surface area contributed by atoms with Gasteiger partial charge in [-0.05, 0) is 25.1 Å². The van der Waals surface area contributed by atoms with Crippen molar-refractivity contribution in [1.29, 1.82) is 0 Å². The van der Waals surface area contributed by atoms with Gasteiger partial charge in [0.15, 0.2) is 5.15 Å². The highest BCUT2D eigenvalue weighted by Crippen LogP contribution is 2.23. The first-order chi connectivity index (χ1) is 7.81. The van der Waals surface area contributed by atoms with Crippen molar-refractivity contribution in [3.63, 3.8) is 0 Å². The van der Waals surface area contributed by atoms with Crippen molar-refractivity contribution in [3.05, 3.63) is 23.5 Å². The summed E-state index contributed by atoms with van der Waals surface area (Å²) in [5, 5.41) is 0.617. The minimum Gasteiger partial charge on any atom is -0.366 e. The Balaban J connectivity index is 1.96. The predicted octanol–water partition coefficient (Wildman–Crippen LogP) is 2.27. The van der Waals surface area contributed by atoms with Crippen molar-refractivity contribution in [2.24, 2.45) is 0 Å². The minimum absolute atomic E-state index is 0.617. The number of anilines is 1. The number of hydrogen-bond donors (Lipinski definition) is 0. The number of aromatic nitrogens is 1. The molecule has 0 spiro atoms. The summed E-state index contributed by atoms with van der Waals surface area (Å²) < 4.78 is 0. The molecule has 0 radical (unpaired) electrons. The summed E-state index contributed by atoms with van der Waals surface area (Å²) in [5.74, 6) is 0. The van der Waals surface area contributed by atoms with Crippen LogP contribution in [0.2, 0.25) is 5.15 Å². The molecule has 1 aliphatic heterocycles. The highest BCUT2D eigenvalue weighted by molar-refractivity contribution is 6.32. The van der Waals surface area contributed by atoms with Crippen LogP contribution in [0.3, 0.4) is 0 Å². The summed E-state index contributed by atoms with van der Waals surface area (Å²) >= 11 is 6.09. The Labute approximate surface area is 102 Å². The maximum Gasteiger partial charge on any atom is 0.152 e. The lowest BCUT2D eigenvalue weighted by Gasteiger charge is -2.36. The lowest BCUT2D eigenvalue weighted by atomic mass is 10.2. The Morgan fingerprint density at radius 2 is 2.06 bits per heavy atom. The van der Waals surface area contributed by atoms with Crippen LogP contribution in [-0.4, -0.2) is 42.6 Å². The maximum absolute atomic E-state index is 6.09. The SMILES string of the molecule is CCCN1CCN(c2cccnc2Cl)CC1. The van der Waals surface area contributed by atoms with Gasteiger partial charge in [-0.15, -0.1) is 0 Å². The largest absolute Gasteiger partial charge is 0.366 e. The van der Waals surface area contributed by atoms with Crippen LogP contribution in [0, 0.1) is 0 Å². The molecule has 88 valence electrons. The number of halogens is 1. The number of pyridine rings is 1. The summed E-state index contributed by atoms with van der Waals surface area (Å²) in [7, 11) is 0. The van der Waals surface area contributed by atoms with Gasteiger partial charge >= 0.3 is 0 Å². The zero-order chi connectivity index (χ0) is 11.4. The zero-order valence-corrected chi connectivity index (χ0v) is 10.5. The highest BCUT2D eigenvalue weighted by Gasteiger charge is 2.18.